The Morgan fingerprint density at radius 1 is 0.303 bits per heavy atom. The van der Waals surface area contributed by atoms with Crippen LogP contribution in [-0.4, -0.2) is 71.8 Å². The zero-order valence-corrected chi connectivity index (χ0v) is 50.0. The van der Waals surface area contributed by atoms with Gasteiger partial charge in [0.2, 0.25) is 0 Å². The van der Waals surface area contributed by atoms with Gasteiger partial charge in [-0.3, -0.25) is 0 Å². The van der Waals surface area contributed by atoms with E-state index in [1.54, 1.807) is 0 Å². The molecular weight excluding hydrogens is 1150 g/mol. The molecule has 0 spiro atoms. The summed E-state index contributed by atoms with van der Waals surface area (Å²) in [5.41, 5.74) is -14.4. The molecule has 9 rings (SSSR count). The van der Waals surface area contributed by atoms with Crippen molar-refractivity contribution in [3.63, 3.8) is 0 Å². The largest absolute Gasteiger partial charge is 1.00 e. The molecule has 0 unspecified atom stereocenters. The molecular formula is C44H18F8N4Na4O12S4. The number of hydrogen-bond acceptors (Lipinski definition) is 14. The Morgan fingerprint density at radius 2 is 0.487 bits per heavy atom. The van der Waals surface area contributed by atoms with Gasteiger partial charge in [-0.15, -0.1) is 0 Å². The maximum Gasteiger partial charge on any atom is 1.00 e. The van der Waals surface area contributed by atoms with Gasteiger partial charge in [0, 0.05) is 44.3 Å². The third kappa shape index (κ3) is 11.5. The van der Waals surface area contributed by atoms with Gasteiger partial charge in [-0.2, -0.15) is 0 Å². The van der Waals surface area contributed by atoms with Crippen LogP contribution in [0.3, 0.4) is 0 Å². The second-order valence-electron chi connectivity index (χ2n) is 15.3. The summed E-state index contributed by atoms with van der Waals surface area (Å²) >= 11 is 0. The average Bonchev–Trinajstić information content (AvgIpc) is 4.11. The molecule has 0 fully saturated rings. The fraction of sp³-hybridized carbons (Fsp3) is 0. The number of nitrogens with zero attached hydrogens (tertiary/aromatic N) is 2. The molecule has 0 saturated heterocycles. The zero-order valence-electron chi connectivity index (χ0n) is 38.7. The van der Waals surface area contributed by atoms with Crippen LogP contribution in [0, 0.1) is 46.5 Å². The molecule has 76 heavy (non-hydrogen) atoms. The van der Waals surface area contributed by atoms with E-state index < -0.39 is 196 Å². The molecule has 2 aliphatic rings. The summed E-state index contributed by atoms with van der Waals surface area (Å²) in [4.78, 5) is 7.08. The predicted molar refractivity (Wildman–Crippen MR) is 232 cm³/mol. The Bertz CT molecular complexity index is 3820. The number of hydrogen-bond donors (Lipinski definition) is 2. The van der Waals surface area contributed by atoms with Crippen molar-refractivity contribution < 1.29 is 205 Å². The van der Waals surface area contributed by atoms with E-state index >= 15 is 35.1 Å². The van der Waals surface area contributed by atoms with Gasteiger partial charge in [-0.1, -0.05) is 0 Å². The van der Waals surface area contributed by atoms with Crippen LogP contribution in [0.1, 0.15) is 22.8 Å². The van der Waals surface area contributed by atoms with E-state index in [1.807, 2.05) is 0 Å². The quantitative estimate of drug-likeness (QED) is 0.0836. The Balaban J connectivity index is 0.00000267. The normalized spacial score (nSPS) is 12.4. The second-order valence-corrected chi connectivity index (χ2v) is 20.6. The number of aromatic amines is 2. The molecule has 0 aliphatic carbocycles. The molecule has 7 aromatic rings. The van der Waals surface area contributed by atoms with Gasteiger partial charge < -0.3 is 28.2 Å². The van der Waals surface area contributed by atoms with Crippen molar-refractivity contribution in [2.45, 2.75) is 19.6 Å². The van der Waals surface area contributed by atoms with Crippen molar-refractivity contribution in [2.24, 2.45) is 0 Å². The maximum absolute atomic E-state index is 16.5. The predicted octanol–water partition coefficient (Wildman–Crippen LogP) is -3.93. The van der Waals surface area contributed by atoms with Gasteiger partial charge in [-0.25, -0.2) is 78.8 Å². The molecule has 0 amide bonds. The molecule has 0 saturated carbocycles. The topological polar surface area (TPSA) is 286 Å². The van der Waals surface area contributed by atoms with Crippen molar-refractivity contribution in [3.05, 3.63) is 142 Å². The van der Waals surface area contributed by atoms with Crippen LogP contribution in [0.15, 0.2) is 92.4 Å². The Morgan fingerprint density at radius 3 is 0.658 bits per heavy atom. The number of nitrogens with one attached hydrogen (secondary N) is 2. The van der Waals surface area contributed by atoms with Gasteiger partial charge in [0.1, 0.15) is 63.7 Å². The fourth-order valence-electron chi connectivity index (χ4n) is 8.08. The van der Waals surface area contributed by atoms with Gasteiger partial charge in [0.25, 0.3) is 0 Å². The van der Waals surface area contributed by atoms with Crippen molar-refractivity contribution >= 4 is 86.8 Å². The molecule has 2 aliphatic heterocycles. The smallest absolute Gasteiger partial charge is 0.744 e. The molecule has 32 heteroatoms. The first kappa shape index (κ1) is 63.4. The van der Waals surface area contributed by atoms with Crippen LogP contribution in [0.4, 0.5) is 35.1 Å². The molecule has 8 bridgehead atoms. The van der Waals surface area contributed by atoms with E-state index in [-0.39, 0.29) is 142 Å². The van der Waals surface area contributed by atoms with Crippen molar-refractivity contribution in [1.29, 1.82) is 0 Å². The number of halogens is 8. The SMILES string of the molecule is O=S(=O)([O-])c1ccc(F)c(-c2c3nc(c(-c4c(F)ccc(S(=O)(=O)[O-])c4F)c4ccc([nH]4)c(-c4c(F)ccc(S(=O)(=O)[O-])c4F)c4nc(c(-c5c(F)ccc(S(=O)(=O)[O-])c5F)c5ccc2[nH]5)C=C4)C=C3)c1F.[Na+].[Na+].[Na+].[Na+]. The minimum atomic E-state index is -5.77. The number of fused-ring (bicyclic) bond motifs is 8. The number of H-pyrrole nitrogens is 2. The number of rotatable bonds is 8. The fourth-order valence-corrected chi connectivity index (χ4v) is 10.3. The van der Waals surface area contributed by atoms with E-state index in [1.165, 1.54) is 0 Å². The van der Waals surface area contributed by atoms with E-state index in [4.69, 9.17) is 0 Å². The van der Waals surface area contributed by atoms with Gasteiger partial charge >= 0.3 is 118 Å². The van der Waals surface area contributed by atoms with Crippen LogP contribution in [0.25, 0.3) is 90.9 Å². The summed E-state index contributed by atoms with van der Waals surface area (Å²) in [6.45, 7) is 0. The average molecular weight is 1170 g/mol. The van der Waals surface area contributed by atoms with Crippen molar-refractivity contribution in [1.82, 2.24) is 19.9 Å². The molecule has 3 aromatic heterocycles. The van der Waals surface area contributed by atoms with Gasteiger partial charge in [-0.05, 0) is 97.1 Å². The summed E-state index contributed by atoms with van der Waals surface area (Å²) in [5.74, 6) is -14.7. The van der Waals surface area contributed by atoms with Crippen molar-refractivity contribution in [3.8, 4) is 44.5 Å². The Kier molecular flexibility index (Phi) is 19.2. The molecule has 0 radical (unpaired) electrons. The van der Waals surface area contributed by atoms with E-state index in [2.05, 4.69) is 19.9 Å². The summed E-state index contributed by atoms with van der Waals surface area (Å²) < 4.78 is 277. The first-order valence-electron chi connectivity index (χ1n) is 19.5. The molecule has 370 valence electrons. The second kappa shape index (κ2) is 23.0. The monoisotopic (exact) mass is 1170 g/mol. The Hall–Kier alpha value is -3.44. The molecule has 0 atom stereocenters. The van der Waals surface area contributed by atoms with Crippen LogP contribution in [0.5, 0.6) is 0 Å². The molecule has 4 aromatic carbocycles. The summed E-state index contributed by atoms with van der Waals surface area (Å²) in [6.07, 6.45) is 3.46. The van der Waals surface area contributed by atoms with Crippen molar-refractivity contribution in [2.75, 3.05) is 0 Å². The zero-order chi connectivity index (χ0) is 52.3. The minimum absolute atomic E-state index is 0. The van der Waals surface area contributed by atoms with Crippen LogP contribution < -0.4 is 118 Å². The van der Waals surface area contributed by atoms with E-state index in [9.17, 15) is 51.9 Å². The number of aromatic nitrogens is 4. The van der Waals surface area contributed by atoms with Gasteiger partial charge in [0.05, 0.1) is 64.6 Å². The van der Waals surface area contributed by atoms with Gasteiger partial charge in [0.15, 0.2) is 23.3 Å². The molecule has 5 heterocycles. The summed E-state index contributed by atoms with van der Waals surface area (Å²) in [6, 6.07) is 5.99. The molecule has 2 N–H and O–H groups in total. The number of benzene rings is 4. The first-order chi connectivity index (χ1) is 33.6. The summed E-state index contributed by atoms with van der Waals surface area (Å²) in [7, 11) is -23.1. The standard InChI is InChI=1S/C44H22F8N4O12S4.4Na/c45-17-1-13-29(69(57,58)59)41(49)33(17)37-21-5-7-23(53-21)38(34-18(46)2-14-30(42(34)50)70(60,61)62)25-9-11-27(55-25)40(36-20(48)4-16-32(44(36)52)72(66,67)68)28-12-10-26(56-28)39(24-8-6-22(37)54-24)35-19(47)3-15-31(43(35)51)71(63,64)65;;;;/h1-16,53,56H,(H,57,58,59)(H,60,61,62)(H,63,64,65)(H,66,67,68);;;;/q;4*+1/p-4. The summed E-state index contributed by atoms with van der Waals surface area (Å²) in [5, 5.41) is 0. The van der Waals surface area contributed by atoms with Crippen LogP contribution in [0.2, 0.25) is 0 Å². The van der Waals surface area contributed by atoms with Crippen LogP contribution in [-0.2, 0) is 40.5 Å². The minimum Gasteiger partial charge on any atom is -0.744 e. The third-order valence-corrected chi connectivity index (χ3v) is 14.5. The van der Waals surface area contributed by atoms with E-state index in [0.29, 0.717) is 24.3 Å². The van der Waals surface area contributed by atoms with E-state index in [0.717, 1.165) is 48.6 Å². The van der Waals surface area contributed by atoms with Crippen LogP contribution >= 0.6 is 0 Å². The maximum atomic E-state index is 16.5. The molecule has 16 nitrogen and oxygen atoms in total. The Labute approximate surface area is 512 Å². The first-order valence-corrected chi connectivity index (χ1v) is 25.1. The third-order valence-electron chi connectivity index (χ3n) is 11.1.